The van der Waals surface area contributed by atoms with Crippen molar-refractivity contribution in [2.24, 2.45) is 0 Å². The van der Waals surface area contributed by atoms with Crippen molar-refractivity contribution in [3.8, 4) is 0 Å². The van der Waals surface area contributed by atoms with Crippen molar-refractivity contribution in [3.63, 3.8) is 0 Å². The average molecular weight is 491 g/mol. The molecule has 5 rings (SSSR count). The largest absolute Gasteiger partial charge is 0.376 e. The summed E-state index contributed by atoms with van der Waals surface area (Å²) in [6, 6.07) is -0.316. The van der Waals surface area contributed by atoms with Crippen LogP contribution in [0, 0.1) is 5.82 Å². The lowest BCUT2D eigenvalue weighted by Gasteiger charge is -2.45. The SMILES string of the molecule is O=C(N[C@H]1CCCN(C(=O)N2CCC2)[C@H]1COC1CCN(c2ncc(F)cn2)CC1)[C@@H]1CCCO1. The molecule has 1 aromatic heterocycles. The summed E-state index contributed by atoms with van der Waals surface area (Å²) >= 11 is 0. The molecule has 4 aliphatic rings. The Bertz CT molecular complexity index is 871. The Hall–Kier alpha value is -2.53. The number of ether oxygens (including phenoxy) is 2. The molecule has 4 aliphatic heterocycles. The van der Waals surface area contributed by atoms with Crippen LogP contribution in [0.1, 0.15) is 44.9 Å². The number of carbonyl (C=O) groups excluding carboxylic acids is 2. The summed E-state index contributed by atoms with van der Waals surface area (Å²) in [7, 11) is 0. The van der Waals surface area contributed by atoms with Gasteiger partial charge < -0.3 is 29.5 Å². The molecule has 0 bridgehead atoms. The second-order valence-electron chi connectivity index (χ2n) is 9.86. The second-order valence-corrected chi connectivity index (χ2v) is 9.86. The van der Waals surface area contributed by atoms with Crippen molar-refractivity contribution in [1.29, 1.82) is 0 Å². The number of halogens is 1. The quantitative estimate of drug-likeness (QED) is 0.646. The van der Waals surface area contributed by atoms with E-state index < -0.39 is 11.9 Å². The first kappa shape index (κ1) is 24.2. The number of aromatic nitrogens is 2. The Morgan fingerprint density at radius 3 is 2.46 bits per heavy atom. The number of urea groups is 1. The van der Waals surface area contributed by atoms with Crippen molar-refractivity contribution < 1.29 is 23.5 Å². The highest BCUT2D eigenvalue weighted by Crippen LogP contribution is 2.25. The Balaban J connectivity index is 1.19. The second kappa shape index (κ2) is 11.0. The minimum absolute atomic E-state index is 0.0455. The molecule has 11 heteroatoms. The van der Waals surface area contributed by atoms with E-state index in [1.165, 1.54) is 12.4 Å². The van der Waals surface area contributed by atoms with E-state index in [2.05, 4.69) is 15.3 Å². The minimum atomic E-state index is -0.446. The van der Waals surface area contributed by atoms with E-state index in [-0.39, 0.29) is 30.1 Å². The van der Waals surface area contributed by atoms with Crippen LogP contribution in [0.25, 0.3) is 0 Å². The highest BCUT2D eigenvalue weighted by molar-refractivity contribution is 5.81. The molecule has 4 fully saturated rings. The van der Waals surface area contributed by atoms with Crippen LogP contribution in [-0.4, -0.2) is 102 Å². The number of carbonyl (C=O) groups is 2. The first-order valence-electron chi connectivity index (χ1n) is 12.9. The lowest BCUT2D eigenvalue weighted by atomic mass is 9.95. The molecular formula is C24H35FN6O4. The zero-order valence-electron chi connectivity index (χ0n) is 20.1. The highest BCUT2D eigenvalue weighted by atomic mass is 19.1. The number of amides is 3. The van der Waals surface area contributed by atoms with E-state index in [0.29, 0.717) is 25.7 Å². The van der Waals surface area contributed by atoms with Crippen LogP contribution in [0.3, 0.4) is 0 Å². The summed E-state index contributed by atoms with van der Waals surface area (Å²) in [6.07, 6.45) is 7.95. The van der Waals surface area contributed by atoms with E-state index in [0.717, 1.165) is 71.1 Å². The Morgan fingerprint density at radius 1 is 1.03 bits per heavy atom. The predicted octanol–water partition coefficient (Wildman–Crippen LogP) is 1.56. The number of rotatable bonds is 6. The van der Waals surface area contributed by atoms with Crippen LogP contribution in [-0.2, 0) is 14.3 Å². The summed E-state index contributed by atoms with van der Waals surface area (Å²) in [4.78, 5) is 39.9. The number of likely N-dealkylation sites (tertiary alicyclic amines) is 2. The molecular weight excluding hydrogens is 455 g/mol. The van der Waals surface area contributed by atoms with Crippen LogP contribution in [0.15, 0.2) is 12.4 Å². The molecule has 5 heterocycles. The smallest absolute Gasteiger partial charge is 0.320 e. The third-order valence-electron chi connectivity index (χ3n) is 7.54. The molecule has 10 nitrogen and oxygen atoms in total. The number of nitrogens with zero attached hydrogens (tertiary/aromatic N) is 5. The molecule has 0 radical (unpaired) electrons. The van der Waals surface area contributed by atoms with Crippen molar-refractivity contribution in [2.75, 3.05) is 50.8 Å². The third-order valence-corrected chi connectivity index (χ3v) is 7.54. The van der Waals surface area contributed by atoms with Crippen LogP contribution < -0.4 is 10.2 Å². The topological polar surface area (TPSA) is 100 Å². The van der Waals surface area contributed by atoms with Crippen molar-refractivity contribution in [3.05, 3.63) is 18.2 Å². The molecule has 1 N–H and O–H groups in total. The maximum Gasteiger partial charge on any atom is 0.320 e. The van der Waals surface area contributed by atoms with E-state index in [1.807, 2.05) is 14.7 Å². The lowest BCUT2D eigenvalue weighted by Crippen LogP contribution is -2.63. The fourth-order valence-corrected chi connectivity index (χ4v) is 5.34. The standard InChI is InChI=1S/C24H35FN6O4/c25-17-14-26-23(27-15-17)29-11-6-18(7-12-29)35-16-20-19(28-22(32)21-5-2-13-34-21)4-1-10-31(20)24(33)30-8-3-9-30/h14-15,18-21H,1-13,16H2,(H,28,32)/t19-,20-,21-/m0/s1. The number of piperidine rings is 2. The molecule has 0 spiro atoms. The van der Waals surface area contributed by atoms with Gasteiger partial charge in [-0.15, -0.1) is 0 Å². The maximum atomic E-state index is 13.2. The van der Waals surface area contributed by atoms with Gasteiger partial charge in [-0.3, -0.25) is 4.79 Å². The maximum absolute atomic E-state index is 13.2. The number of hydrogen-bond acceptors (Lipinski definition) is 7. The third kappa shape index (κ3) is 5.66. The van der Waals surface area contributed by atoms with Gasteiger partial charge in [0.15, 0.2) is 5.82 Å². The molecule has 3 atom stereocenters. The Morgan fingerprint density at radius 2 is 1.80 bits per heavy atom. The summed E-state index contributed by atoms with van der Waals surface area (Å²) in [5.74, 6) is 0.00151. The molecule has 3 amide bonds. The zero-order chi connectivity index (χ0) is 24.2. The van der Waals surface area contributed by atoms with E-state index in [1.54, 1.807) is 0 Å². The predicted molar refractivity (Wildman–Crippen MR) is 125 cm³/mol. The first-order valence-corrected chi connectivity index (χ1v) is 12.9. The number of hydrogen-bond donors (Lipinski definition) is 1. The Kier molecular flexibility index (Phi) is 7.62. The minimum Gasteiger partial charge on any atom is -0.376 e. The summed E-state index contributed by atoms with van der Waals surface area (Å²) in [5, 5.41) is 3.18. The van der Waals surface area contributed by atoms with Crippen LogP contribution >= 0.6 is 0 Å². The Labute approximate surface area is 205 Å². The average Bonchev–Trinajstić information content (AvgIpc) is 3.38. The zero-order valence-corrected chi connectivity index (χ0v) is 20.1. The van der Waals surface area contributed by atoms with E-state index in [9.17, 15) is 14.0 Å². The van der Waals surface area contributed by atoms with Gasteiger partial charge >= 0.3 is 6.03 Å². The van der Waals surface area contributed by atoms with Crippen molar-refractivity contribution >= 4 is 17.9 Å². The van der Waals surface area contributed by atoms with Gasteiger partial charge in [-0.05, 0) is 44.9 Å². The van der Waals surface area contributed by atoms with Gasteiger partial charge in [-0.25, -0.2) is 19.2 Å². The van der Waals surface area contributed by atoms with Gasteiger partial charge in [-0.1, -0.05) is 0 Å². The molecule has 35 heavy (non-hydrogen) atoms. The lowest BCUT2D eigenvalue weighted by molar-refractivity contribution is -0.132. The summed E-state index contributed by atoms with van der Waals surface area (Å²) in [5.41, 5.74) is 0. The molecule has 0 aliphatic carbocycles. The molecule has 0 saturated carbocycles. The van der Waals surface area contributed by atoms with Crippen LogP contribution in [0.4, 0.5) is 15.1 Å². The van der Waals surface area contributed by atoms with Gasteiger partial charge in [0.05, 0.1) is 37.2 Å². The fourth-order valence-electron chi connectivity index (χ4n) is 5.34. The van der Waals surface area contributed by atoms with Crippen LogP contribution in [0.5, 0.6) is 0 Å². The highest BCUT2D eigenvalue weighted by Gasteiger charge is 2.40. The van der Waals surface area contributed by atoms with Gasteiger partial charge in [0.2, 0.25) is 11.9 Å². The van der Waals surface area contributed by atoms with Crippen molar-refractivity contribution in [1.82, 2.24) is 25.1 Å². The summed E-state index contributed by atoms with van der Waals surface area (Å²) < 4.78 is 25.1. The van der Waals surface area contributed by atoms with Gasteiger partial charge in [-0.2, -0.15) is 0 Å². The van der Waals surface area contributed by atoms with E-state index in [4.69, 9.17) is 9.47 Å². The van der Waals surface area contributed by atoms with E-state index >= 15 is 0 Å². The fraction of sp³-hybridized carbons (Fsp3) is 0.750. The van der Waals surface area contributed by atoms with Gasteiger partial charge in [0.1, 0.15) is 6.10 Å². The molecule has 4 saturated heterocycles. The van der Waals surface area contributed by atoms with Crippen molar-refractivity contribution in [2.45, 2.75) is 69.2 Å². The molecule has 0 unspecified atom stereocenters. The number of anilines is 1. The monoisotopic (exact) mass is 490 g/mol. The molecule has 1 aromatic rings. The van der Waals surface area contributed by atoms with Gasteiger partial charge in [0.25, 0.3) is 0 Å². The van der Waals surface area contributed by atoms with Crippen LogP contribution in [0.2, 0.25) is 0 Å². The van der Waals surface area contributed by atoms with Gasteiger partial charge in [0, 0.05) is 39.3 Å². The number of nitrogens with one attached hydrogen (secondary N) is 1. The molecule has 192 valence electrons. The summed E-state index contributed by atoms with van der Waals surface area (Å²) in [6.45, 7) is 4.70. The first-order chi connectivity index (χ1) is 17.1. The normalized spacial score (nSPS) is 27.6. The molecule has 0 aromatic carbocycles.